The highest BCUT2D eigenvalue weighted by Crippen LogP contribution is 2.42. The molecule has 152 valence electrons. The second kappa shape index (κ2) is 9.82. The Labute approximate surface area is 184 Å². The first kappa shape index (κ1) is 21.9. The number of hydrogen-bond acceptors (Lipinski definition) is 3. The molecule has 7 heteroatoms. The SMILES string of the molecule is O=C(O)c1ccc(CCC[C@@H]2[C@@H](CCc3cc(Cl)cc(Cl)c3)[C@@H](O)C[C@H]2Cl)s1. The predicted molar refractivity (Wildman–Crippen MR) is 116 cm³/mol. The average Bonchev–Trinajstić information content (AvgIpc) is 3.18. The summed E-state index contributed by atoms with van der Waals surface area (Å²) in [6.45, 7) is 0. The molecule has 1 saturated carbocycles. The number of hydrogen-bond donors (Lipinski definition) is 2. The maximum atomic E-state index is 11.0. The molecule has 28 heavy (non-hydrogen) atoms. The molecule has 0 aliphatic heterocycles. The summed E-state index contributed by atoms with van der Waals surface area (Å²) in [6, 6.07) is 9.09. The monoisotopic (exact) mass is 460 g/mol. The van der Waals surface area contributed by atoms with Gasteiger partial charge in [0.25, 0.3) is 0 Å². The molecule has 0 bridgehead atoms. The zero-order valence-electron chi connectivity index (χ0n) is 15.3. The lowest BCUT2D eigenvalue weighted by molar-refractivity contribution is 0.0702. The Morgan fingerprint density at radius 1 is 1.07 bits per heavy atom. The average molecular weight is 462 g/mol. The lowest BCUT2D eigenvalue weighted by Gasteiger charge is -2.23. The van der Waals surface area contributed by atoms with E-state index >= 15 is 0 Å². The number of aliphatic hydroxyl groups excluding tert-OH is 1. The van der Waals surface area contributed by atoms with Gasteiger partial charge < -0.3 is 10.2 Å². The second-order valence-corrected chi connectivity index (χ2v) is 10.0. The van der Waals surface area contributed by atoms with Crippen LogP contribution in [0.5, 0.6) is 0 Å². The molecule has 0 radical (unpaired) electrons. The lowest BCUT2D eigenvalue weighted by Crippen LogP contribution is -2.21. The highest BCUT2D eigenvalue weighted by Gasteiger charge is 2.40. The van der Waals surface area contributed by atoms with Gasteiger partial charge in [-0.15, -0.1) is 22.9 Å². The van der Waals surface area contributed by atoms with Crippen LogP contribution in [-0.4, -0.2) is 27.7 Å². The Morgan fingerprint density at radius 2 is 1.79 bits per heavy atom. The molecule has 1 aliphatic rings. The van der Waals surface area contributed by atoms with Gasteiger partial charge in [0.05, 0.1) is 6.10 Å². The van der Waals surface area contributed by atoms with Crippen LogP contribution in [0.1, 0.15) is 45.8 Å². The van der Waals surface area contributed by atoms with E-state index in [1.165, 1.54) is 11.3 Å². The van der Waals surface area contributed by atoms with E-state index in [1.54, 1.807) is 12.1 Å². The van der Waals surface area contributed by atoms with Crippen LogP contribution in [0.4, 0.5) is 0 Å². The van der Waals surface area contributed by atoms with Crippen LogP contribution < -0.4 is 0 Å². The van der Waals surface area contributed by atoms with Gasteiger partial charge >= 0.3 is 5.97 Å². The minimum absolute atomic E-state index is 0.0270. The van der Waals surface area contributed by atoms with Crippen molar-refractivity contribution >= 4 is 52.1 Å². The normalized spacial score (nSPS) is 24.6. The maximum Gasteiger partial charge on any atom is 0.345 e. The summed E-state index contributed by atoms with van der Waals surface area (Å²) in [7, 11) is 0. The Kier molecular flexibility index (Phi) is 7.68. The molecule has 0 unspecified atom stereocenters. The molecule has 1 aromatic carbocycles. The number of carbonyl (C=O) groups is 1. The Morgan fingerprint density at radius 3 is 2.43 bits per heavy atom. The molecule has 3 rings (SSSR count). The van der Waals surface area contributed by atoms with Crippen LogP contribution in [0, 0.1) is 11.8 Å². The van der Waals surface area contributed by atoms with Gasteiger partial charge in [-0.3, -0.25) is 0 Å². The van der Waals surface area contributed by atoms with Crippen molar-refractivity contribution in [1.29, 1.82) is 0 Å². The molecule has 4 atom stereocenters. The van der Waals surface area contributed by atoms with E-state index in [2.05, 4.69) is 0 Å². The van der Waals surface area contributed by atoms with Gasteiger partial charge in [0, 0.05) is 20.3 Å². The van der Waals surface area contributed by atoms with Crippen LogP contribution in [-0.2, 0) is 12.8 Å². The van der Waals surface area contributed by atoms with Crippen molar-refractivity contribution < 1.29 is 15.0 Å². The van der Waals surface area contributed by atoms with Crippen molar-refractivity contribution in [3.63, 3.8) is 0 Å². The van der Waals surface area contributed by atoms with Crippen LogP contribution in [0.25, 0.3) is 0 Å². The van der Waals surface area contributed by atoms with Gasteiger partial charge in [-0.2, -0.15) is 0 Å². The second-order valence-electron chi connectivity index (χ2n) is 7.43. The fraction of sp³-hybridized carbons (Fsp3) is 0.476. The van der Waals surface area contributed by atoms with Gasteiger partial charge in [0.15, 0.2) is 0 Å². The number of aryl methyl sites for hydroxylation is 2. The standard InChI is InChI=1S/C21H23Cl3O3S/c22-13-8-12(9-14(23)10-13)4-6-17-16(18(24)11-19(17)25)3-1-2-15-5-7-20(28-15)21(26)27/h5,7-10,16-19,25H,1-4,6,11H2,(H,26,27)/t16-,17-,18-,19+/m1/s1. The summed E-state index contributed by atoms with van der Waals surface area (Å²) in [6.07, 6.45) is 4.57. The highest BCUT2D eigenvalue weighted by molar-refractivity contribution is 7.13. The number of thiophene rings is 1. The third-order valence-electron chi connectivity index (χ3n) is 5.50. The molecule has 0 amide bonds. The molecule has 1 fully saturated rings. The third kappa shape index (κ3) is 5.64. The number of rotatable bonds is 8. The van der Waals surface area contributed by atoms with Gasteiger partial charge in [-0.25, -0.2) is 4.79 Å². The summed E-state index contributed by atoms with van der Waals surface area (Å²) < 4.78 is 0. The summed E-state index contributed by atoms with van der Waals surface area (Å²) in [5, 5.41) is 20.7. The molecule has 2 aromatic rings. The molecule has 0 saturated heterocycles. The number of carboxylic acid groups (broad SMARTS) is 1. The van der Waals surface area contributed by atoms with Crippen molar-refractivity contribution in [2.75, 3.05) is 0 Å². The Bertz CT molecular complexity index is 803. The minimum Gasteiger partial charge on any atom is -0.477 e. The number of benzene rings is 1. The molecule has 3 nitrogen and oxygen atoms in total. The van der Waals surface area contributed by atoms with Gasteiger partial charge in [-0.05, 0) is 86.3 Å². The van der Waals surface area contributed by atoms with Crippen molar-refractivity contribution in [3.05, 3.63) is 55.7 Å². The van der Waals surface area contributed by atoms with Crippen LogP contribution >= 0.6 is 46.1 Å². The van der Waals surface area contributed by atoms with Crippen molar-refractivity contribution in [2.24, 2.45) is 11.8 Å². The molecular formula is C21H23Cl3O3S. The molecule has 0 spiro atoms. The number of aliphatic hydroxyl groups is 1. The first-order valence-corrected chi connectivity index (χ1v) is 11.4. The summed E-state index contributed by atoms with van der Waals surface area (Å²) in [4.78, 5) is 12.4. The van der Waals surface area contributed by atoms with Crippen LogP contribution in [0.2, 0.25) is 10.0 Å². The quantitative estimate of drug-likeness (QED) is 0.453. The van der Waals surface area contributed by atoms with Gasteiger partial charge in [0.1, 0.15) is 4.88 Å². The Balaban J connectivity index is 1.56. The van der Waals surface area contributed by atoms with Crippen LogP contribution in [0.3, 0.4) is 0 Å². The molecule has 1 heterocycles. The Hall–Kier alpha value is -0.780. The van der Waals surface area contributed by atoms with Gasteiger partial charge in [-0.1, -0.05) is 23.2 Å². The summed E-state index contributed by atoms with van der Waals surface area (Å²) >= 11 is 20.0. The number of halogens is 3. The number of aromatic carboxylic acids is 1. The molecule has 1 aliphatic carbocycles. The van der Waals surface area contributed by atoms with Gasteiger partial charge in [0.2, 0.25) is 0 Å². The molecule has 2 N–H and O–H groups in total. The maximum absolute atomic E-state index is 11.0. The lowest BCUT2D eigenvalue weighted by atomic mass is 9.85. The van der Waals surface area contributed by atoms with E-state index in [0.717, 1.165) is 42.5 Å². The zero-order valence-corrected chi connectivity index (χ0v) is 18.4. The zero-order chi connectivity index (χ0) is 20.3. The van der Waals surface area contributed by atoms with Crippen LogP contribution in [0.15, 0.2) is 30.3 Å². The number of alkyl halides is 1. The van der Waals surface area contributed by atoms with E-state index in [4.69, 9.17) is 39.9 Å². The highest BCUT2D eigenvalue weighted by atomic mass is 35.5. The number of carboxylic acids is 1. The fourth-order valence-corrected chi connectivity index (χ4v) is 6.12. The van der Waals surface area contributed by atoms with E-state index in [-0.39, 0.29) is 23.3 Å². The van der Waals surface area contributed by atoms with Crippen molar-refractivity contribution in [1.82, 2.24) is 0 Å². The smallest absolute Gasteiger partial charge is 0.345 e. The molecule has 1 aromatic heterocycles. The van der Waals surface area contributed by atoms with E-state index in [9.17, 15) is 9.90 Å². The van der Waals surface area contributed by atoms with Crippen molar-refractivity contribution in [2.45, 2.75) is 50.0 Å². The minimum atomic E-state index is -0.878. The van der Waals surface area contributed by atoms with Crippen molar-refractivity contribution in [3.8, 4) is 0 Å². The fourth-order valence-electron chi connectivity index (χ4n) is 4.16. The van der Waals surface area contributed by atoms with E-state index in [0.29, 0.717) is 21.3 Å². The summed E-state index contributed by atoms with van der Waals surface area (Å²) in [5.74, 6) is -0.472. The van der Waals surface area contributed by atoms with E-state index < -0.39 is 5.97 Å². The first-order chi connectivity index (χ1) is 13.3. The largest absolute Gasteiger partial charge is 0.477 e. The van der Waals surface area contributed by atoms with E-state index in [1.807, 2.05) is 18.2 Å². The topological polar surface area (TPSA) is 57.5 Å². The predicted octanol–water partition coefficient (Wildman–Crippen LogP) is 6.31. The summed E-state index contributed by atoms with van der Waals surface area (Å²) in [5.41, 5.74) is 1.07. The third-order valence-corrected chi connectivity index (χ3v) is 7.57. The molecular weight excluding hydrogens is 439 g/mol. The first-order valence-electron chi connectivity index (χ1n) is 9.42.